The molecule has 0 bridgehead atoms. The number of methoxy groups -OCH3 is 1. The quantitative estimate of drug-likeness (QED) is 0.0658. The van der Waals surface area contributed by atoms with Crippen molar-refractivity contribution in [3.8, 4) is 11.3 Å². The van der Waals surface area contributed by atoms with Gasteiger partial charge in [0.2, 0.25) is 0 Å². The largest absolute Gasteiger partial charge is 0.465 e. The normalized spacial score (nSPS) is 19.6. The highest BCUT2D eigenvalue weighted by molar-refractivity contribution is 8.32. The molecule has 1 amide bonds. The van der Waals surface area contributed by atoms with Crippen LogP contribution in [0.1, 0.15) is 97.9 Å². The number of aliphatic hydroxyl groups excluding tert-OH is 1. The number of amides is 1. The molecule has 5 fully saturated rings. The number of aryl methyl sites for hydroxylation is 1. The summed E-state index contributed by atoms with van der Waals surface area (Å²) < 4.78 is 25.2. The lowest BCUT2D eigenvalue weighted by atomic mass is 9.76. The number of aldehydes is 1. The van der Waals surface area contributed by atoms with Gasteiger partial charge in [-0.05, 0) is 101 Å². The van der Waals surface area contributed by atoms with Crippen molar-refractivity contribution in [2.24, 2.45) is 10.8 Å². The average molecular weight is 1070 g/mol. The van der Waals surface area contributed by atoms with Crippen LogP contribution in [0.2, 0.25) is 0 Å². The number of ether oxygens (including phenoxy) is 4. The molecule has 75 heavy (non-hydrogen) atoms. The molecule has 2 aromatic heterocycles. The lowest BCUT2D eigenvalue weighted by molar-refractivity contribution is -0.200. The van der Waals surface area contributed by atoms with Gasteiger partial charge in [0.1, 0.15) is 18.9 Å². The fraction of sp³-hybridized carbons (Fsp3) is 0.719. The van der Waals surface area contributed by atoms with Gasteiger partial charge in [0, 0.05) is 144 Å². The summed E-state index contributed by atoms with van der Waals surface area (Å²) in [7, 11) is 2.95. The maximum Gasteiger partial charge on any atom is 0.407 e. The summed E-state index contributed by atoms with van der Waals surface area (Å²) in [6.07, 6.45) is 15.0. The molecular weight excluding hydrogens is 971 g/mol. The number of hydrazine groups is 1. The van der Waals surface area contributed by atoms with E-state index in [9.17, 15) is 19.5 Å². The Morgan fingerprint density at radius 3 is 2.32 bits per heavy atom. The first kappa shape index (κ1) is 60.2. The number of nitrogens with one attached hydrogen (secondary N) is 2. The fourth-order valence-electron chi connectivity index (χ4n) is 10.9. The second-order valence-corrected chi connectivity index (χ2v) is 27.5. The van der Waals surface area contributed by atoms with E-state index in [0.717, 1.165) is 109 Å². The van der Waals surface area contributed by atoms with Crippen molar-refractivity contribution >= 4 is 50.7 Å². The number of carbonyl (C=O) groups is 3. The number of fused-ring (bicyclic) bond motifs is 1. The number of hydrogen-bond donors (Lipinski definition) is 3. The number of hydrogen-bond acceptors (Lipinski definition) is 15. The summed E-state index contributed by atoms with van der Waals surface area (Å²) in [6.45, 7) is 25.3. The summed E-state index contributed by atoms with van der Waals surface area (Å²) in [5.74, 6) is 0.475. The molecule has 422 valence electrons. The molecule has 1 aromatic carbocycles. The molecule has 4 aliphatic heterocycles. The third-order valence-electron chi connectivity index (χ3n) is 15.3. The number of likely N-dealkylation sites (tertiary alicyclic amines) is 1. The van der Waals surface area contributed by atoms with Gasteiger partial charge in [0.15, 0.2) is 0 Å². The molecule has 0 radical (unpaired) electrons. The van der Waals surface area contributed by atoms with Crippen molar-refractivity contribution < 1.29 is 38.4 Å². The lowest BCUT2D eigenvalue weighted by Gasteiger charge is -2.58. The Morgan fingerprint density at radius 1 is 1.05 bits per heavy atom. The van der Waals surface area contributed by atoms with Gasteiger partial charge in [-0.25, -0.2) is 19.8 Å². The number of aliphatic hydroxyl groups is 1. The smallest absolute Gasteiger partial charge is 0.407 e. The minimum Gasteiger partial charge on any atom is -0.465 e. The number of carbonyl (C=O) groups excluding carboxylic acids is 3. The van der Waals surface area contributed by atoms with E-state index in [1.165, 1.54) is 39.2 Å². The molecule has 4 saturated heterocycles. The molecule has 3 N–H and O–H groups in total. The van der Waals surface area contributed by atoms with Gasteiger partial charge in [-0.2, -0.15) is 0 Å². The van der Waals surface area contributed by atoms with Gasteiger partial charge in [-0.3, -0.25) is 25.0 Å². The highest BCUT2D eigenvalue weighted by Crippen LogP contribution is 2.44. The van der Waals surface area contributed by atoms with Crippen molar-refractivity contribution in [3.63, 3.8) is 0 Å². The third-order valence-corrected chi connectivity index (χ3v) is 16.7. The number of alkyl carbamates (subject to hydrolysis) is 1. The van der Waals surface area contributed by atoms with E-state index >= 15 is 0 Å². The van der Waals surface area contributed by atoms with E-state index in [1.807, 2.05) is 27.0 Å². The Hall–Kier alpha value is -4.01. The van der Waals surface area contributed by atoms with Crippen molar-refractivity contribution in [1.29, 1.82) is 0 Å². The second-order valence-electron chi connectivity index (χ2n) is 22.9. The molecule has 1 spiro atoms. The van der Waals surface area contributed by atoms with Crippen molar-refractivity contribution in [3.05, 3.63) is 41.7 Å². The highest BCUT2D eigenvalue weighted by atomic mass is 32.3. The topological polar surface area (TPSA) is 166 Å². The number of piperazine rings is 1. The molecule has 3 unspecified atom stereocenters. The molecule has 8 rings (SSSR count). The molecule has 17 nitrogen and oxygen atoms in total. The van der Waals surface area contributed by atoms with E-state index in [4.69, 9.17) is 23.9 Å². The van der Waals surface area contributed by atoms with Gasteiger partial charge in [0.05, 0.1) is 55.8 Å². The SMILES string of the molecule is CC.CCn1c(-c2cc(N3CCN(C4CC4)CC3)cnc2C(C)OC)c(CC(C)(C)COC(C)=O)c2cc(N(CCO)CCC(C(C=O)NC(=O)OCCS(C)(C)C)N3CC4(COC4)C3)ccc21.CN1CCCCN1. The number of benzene rings is 1. The molecule has 1 aliphatic carbocycles. The second kappa shape index (κ2) is 27.5. The van der Waals surface area contributed by atoms with E-state index in [1.54, 1.807) is 7.11 Å². The number of rotatable bonds is 23. The van der Waals surface area contributed by atoms with Crippen LogP contribution in [0.4, 0.5) is 16.2 Å². The zero-order chi connectivity index (χ0) is 54.5. The minimum atomic E-state index is -0.852. The van der Waals surface area contributed by atoms with Crippen LogP contribution in [0.25, 0.3) is 22.2 Å². The standard InChI is InChI=1S/C50H77N7O8S.C5H12N2.C2H6/c1-10-57-44-14-13-38(53(21-22-58)16-15-45(56-30-50(31-56)33-63-34-50)43(29-59)52-48(61)64-23-24-66(7,8)9)25-40(44)42(27-49(4,5)32-65-36(3)60)47(57)41-26-39(28-51-46(41)35(2)62-6)55-19-17-54(18-20-55)37-11-12-37;1-7-5-3-2-4-6-7;1-2/h13-14,25-26,28-29,35,37,43,45,58H,10-12,15-24,27,30-34H2,1-9H3,(H,52,61);6H,2-5H2,1H3;1-2H3. The molecule has 3 aromatic rings. The maximum absolute atomic E-state index is 13.1. The van der Waals surface area contributed by atoms with Crippen LogP contribution >= 0.6 is 10.0 Å². The Labute approximate surface area is 451 Å². The van der Waals surface area contributed by atoms with Crippen molar-refractivity contribution in [2.75, 3.05) is 147 Å². The Balaban J connectivity index is 0.000000928. The Morgan fingerprint density at radius 2 is 1.77 bits per heavy atom. The first-order valence-electron chi connectivity index (χ1n) is 27.8. The van der Waals surface area contributed by atoms with E-state index < -0.39 is 27.6 Å². The number of aromatic nitrogens is 2. The predicted octanol–water partition coefficient (Wildman–Crippen LogP) is 6.97. The maximum atomic E-state index is 13.1. The lowest BCUT2D eigenvalue weighted by Crippen LogP contribution is -2.71. The summed E-state index contributed by atoms with van der Waals surface area (Å²) in [5.41, 5.74) is 10.1. The fourth-order valence-corrected chi connectivity index (χ4v) is 11.5. The van der Waals surface area contributed by atoms with Crippen molar-refractivity contribution in [2.45, 2.75) is 118 Å². The number of esters is 1. The van der Waals surface area contributed by atoms with E-state index in [-0.39, 0.29) is 36.7 Å². The van der Waals surface area contributed by atoms with Gasteiger partial charge >= 0.3 is 12.1 Å². The van der Waals surface area contributed by atoms with Crippen LogP contribution in [0.15, 0.2) is 30.5 Å². The van der Waals surface area contributed by atoms with Crippen LogP contribution < -0.4 is 20.5 Å². The van der Waals surface area contributed by atoms with Crippen LogP contribution in [-0.4, -0.2) is 203 Å². The zero-order valence-corrected chi connectivity index (χ0v) is 48.7. The predicted molar refractivity (Wildman–Crippen MR) is 306 cm³/mol. The molecule has 1 saturated carbocycles. The van der Waals surface area contributed by atoms with Gasteiger partial charge in [-0.1, -0.05) is 27.7 Å². The Bertz CT molecular complexity index is 2290. The van der Waals surface area contributed by atoms with Gasteiger partial charge in [0.25, 0.3) is 0 Å². The summed E-state index contributed by atoms with van der Waals surface area (Å²) >= 11 is 0. The first-order chi connectivity index (χ1) is 35.9. The molecule has 6 heterocycles. The minimum absolute atomic E-state index is 0.0700. The first-order valence-corrected chi connectivity index (χ1v) is 30.9. The van der Waals surface area contributed by atoms with E-state index in [2.05, 4.69) is 111 Å². The van der Waals surface area contributed by atoms with Crippen LogP contribution in [-0.2, 0) is 41.5 Å². The van der Waals surface area contributed by atoms with Crippen LogP contribution in [0, 0.1) is 10.8 Å². The molecular formula is C57H95N9O8S. The monoisotopic (exact) mass is 1070 g/mol. The van der Waals surface area contributed by atoms with Crippen molar-refractivity contribution in [1.82, 2.24) is 35.1 Å². The summed E-state index contributed by atoms with van der Waals surface area (Å²) in [4.78, 5) is 52.8. The third kappa shape index (κ3) is 16.3. The molecule has 5 aliphatic rings. The Kier molecular flexibility index (Phi) is 22.1. The number of pyridine rings is 1. The van der Waals surface area contributed by atoms with E-state index in [0.29, 0.717) is 52.3 Å². The molecule has 3 atom stereocenters. The highest BCUT2D eigenvalue weighted by Gasteiger charge is 2.52. The summed E-state index contributed by atoms with van der Waals surface area (Å²) in [6, 6.07) is 8.51. The average Bonchev–Trinajstić information content (AvgIpc) is 4.18. The zero-order valence-electron chi connectivity index (χ0n) is 47.9. The van der Waals surface area contributed by atoms with Gasteiger partial charge in [-0.15, -0.1) is 0 Å². The summed E-state index contributed by atoms with van der Waals surface area (Å²) in [5, 5.41) is 16.6. The number of anilines is 2. The number of nitrogens with zero attached hydrogens (tertiary/aromatic N) is 7. The van der Waals surface area contributed by atoms with Crippen LogP contribution in [0.5, 0.6) is 0 Å². The van der Waals surface area contributed by atoms with Gasteiger partial charge < -0.3 is 48.5 Å². The molecule has 18 heteroatoms. The van der Waals surface area contributed by atoms with Crippen LogP contribution in [0.3, 0.4) is 0 Å².